The molecule has 0 amide bonds. The number of aliphatic hydroxyl groups is 1. The Kier molecular flexibility index (Phi) is 4.67. The van der Waals surface area contributed by atoms with Gasteiger partial charge in [-0.15, -0.1) is 0 Å². The molecule has 1 aliphatic heterocycles. The fraction of sp³-hybridized carbons (Fsp3) is 1.00. The second kappa shape index (κ2) is 5.35. The molecule has 3 nitrogen and oxygen atoms in total. The minimum absolute atomic E-state index is 0.0153. The van der Waals surface area contributed by atoms with Gasteiger partial charge in [-0.05, 0) is 27.3 Å². The first-order valence-electron chi connectivity index (χ1n) is 6.19. The number of β-amino-alcohol motifs (C(OH)–C–C–N with tert-alkyl or cyclic N) is 1. The molecule has 18 heavy (non-hydrogen) atoms. The SMILES string of the molecule is CCN1CC(O)C(C(F)(F)F)C1COC(C)(C)C. The number of nitrogens with zero attached hydrogens (tertiary/aromatic N) is 1. The Bertz CT molecular complexity index is 275. The molecule has 0 saturated carbocycles. The summed E-state index contributed by atoms with van der Waals surface area (Å²) in [7, 11) is 0. The normalized spacial score (nSPS) is 31.0. The highest BCUT2D eigenvalue weighted by Crippen LogP contribution is 2.38. The van der Waals surface area contributed by atoms with Crippen LogP contribution in [0.25, 0.3) is 0 Å². The summed E-state index contributed by atoms with van der Waals surface area (Å²) >= 11 is 0. The summed E-state index contributed by atoms with van der Waals surface area (Å²) in [5.41, 5.74) is -0.483. The van der Waals surface area contributed by atoms with Crippen molar-refractivity contribution in [3.8, 4) is 0 Å². The van der Waals surface area contributed by atoms with E-state index in [2.05, 4.69) is 0 Å². The van der Waals surface area contributed by atoms with Gasteiger partial charge in [-0.1, -0.05) is 6.92 Å². The van der Waals surface area contributed by atoms with E-state index in [9.17, 15) is 18.3 Å². The van der Waals surface area contributed by atoms with Gasteiger partial charge < -0.3 is 9.84 Å². The highest BCUT2D eigenvalue weighted by atomic mass is 19.4. The highest BCUT2D eigenvalue weighted by Gasteiger charge is 2.55. The summed E-state index contributed by atoms with van der Waals surface area (Å²) in [6.07, 6.45) is -5.76. The quantitative estimate of drug-likeness (QED) is 0.851. The summed E-state index contributed by atoms with van der Waals surface area (Å²) in [6.45, 7) is 7.71. The lowest BCUT2D eigenvalue weighted by atomic mass is 9.98. The molecule has 1 heterocycles. The molecule has 1 rings (SSSR count). The minimum atomic E-state index is -4.39. The van der Waals surface area contributed by atoms with Crippen molar-refractivity contribution in [2.24, 2.45) is 5.92 Å². The minimum Gasteiger partial charge on any atom is -0.391 e. The van der Waals surface area contributed by atoms with Gasteiger partial charge in [-0.25, -0.2) is 0 Å². The number of hydrogen-bond donors (Lipinski definition) is 1. The van der Waals surface area contributed by atoms with Crippen molar-refractivity contribution in [2.45, 2.75) is 51.6 Å². The first kappa shape index (κ1) is 15.7. The smallest absolute Gasteiger partial charge is 0.391 e. The lowest BCUT2D eigenvalue weighted by Crippen LogP contribution is -2.44. The zero-order chi connectivity index (χ0) is 14.1. The molecule has 0 bridgehead atoms. The van der Waals surface area contributed by atoms with E-state index in [1.165, 1.54) is 0 Å². The molecule has 0 aromatic carbocycles. The van der Waals surface area contributed by atoms with Crippen LogP contribution in [-0.2, 0) is 4.74 Å². The van der Waals surface area contributed by atoms with Gasteiger partial charge in [0.1, 0.15) is 0 Å². The summed E-state index contributed by atoms with van der Waals surface area (Å²) in [5, 5.41) is 9.61. The molecular formula is C12H22F3NO2. The number of halogens is 3. The van der Waals surface area contributed by atoms with Crippen LogP contribution < -0.4 is 0 Å². The molecule has 6 heteroatoms. The Morgan fingerprint density at radius 1 is 1.28 bits per heavy atom. The monoisotopic (exact) mass is 269 g/mol. The molecule has 0 radical (unpaired) electrons. The van der Waals surface area contributed by atoms with Crippen molar-refractivity contribution in [3.05, 3.63) is 0 Å². The average molecular weight is 269 g/mol. The molecule has 0 spiro atoms. The zero-order valence-corrected chi connectivity index (χ0v) is 11.3. The Morgan fingerprint density at radius 2 is 1.83 bits per heavy atom. The largest absolute Gasteiger partial charge is 0.395 e. The van der Waals surface area contributed by atoms with Crippen molar-refractivity contribution in [1.82, 2.24) is 4.90 Å². The van der Waals surface area contributed by atoms with E-state index in [1.54, 1.807) is 32.6 Å². The van der Waals surface area contributed by atoms with Gasteiger partial charge in [0.05, 0.1) is 24.2 Å². The van der Waals surface area contributed by atoms with E-state index < -0.39 is 29.8 Å². The van der Waals surface area contributed by atoms with Gasteiger partial charge in [0.15, 0.2) is 0 Å². The van der Waals surface area contributed by atoms with E-state index >= 15 is 0 Å². The van der Waals surface area contributed by atoms with Crippen LogP contribution in [0.2, 0.25) is 0 Å². The average Bonchev–Trinajstić information content (AvgIpc) is 2.49. The van der Waals surface area contributed by atoms with Crippen molar-refractivity contribution in [1.29, 1.82) is 0 Å². The molecule has 1 saturated heterocycles. The maximum absolute atomic E-state index is 12.9. The van der Waals surface area contributed by atoms with E-state index in [1.807, 2.05) is 0 Å². The van der Waals surface area contributed by atoms with Crippen LogP contribution in [0.5, 0.6) is 0 Å². The number of hydrogen-bond acceptors (Lipinski definition) is 3. The maximum Gasteiger partial charge on any atom is 0.395 e. The first-order valence-corrected chi connectivity index (χ1v) is 6.19. The third kappa shape index (κ3) is 3.83. The van der Waals surface area contributed by atoms with Crippen molar-refractivity contribution >= 4 is 0 Å². The number of alkyl halides is 3. The number of aliphatic hydroxyl groups excluding tert-OH is 1. The van der Waals surface area contributed by atoms with E-state index in [4.69, 9.17) is 4.74 Å². The third-order valence-corrected chi connectivity index (χ3v) is 3.19. The molecule has 3 unspecified atom stereocenters. The summed E-state index contributed by atoms with van der Waals surface area (Å²) < 4.78 is 44.3. The van der Waals surface area contributed by atoms with Gasteiger partial charge in [0.2, 0.25) is 0 Å². The van der Waals surface area contributed by atoms with Crippen molar-refractivity contribution in [2.75, 3.05) is 19.7 Å². The highest BCUT2D eigenvalue weighted by molar-refractivity contribution is 4.96. The van der Waals surface area contributed by atoms with Gasteiger partial charge in [0, 0.05) is 12.6 Å². The maximum atomic E-state index is 12.9. The van der Waals surface area contributed by atoms with Crippen LogP contribution in [0, 0.1) is 5.92 Å². The first-order chi connectivity index (χ1) is 8.06. The third-order valence-electron chi connectivity index (χ3n) is 3.19. The Hall–Kier alpha value is -0.330. The number of rotatable bonds is 3. The van der Waals surface area contributed by atoms with Gasteiger partial charge in [-0.3, -0.25) is 4.90 Å². The van der Waals surface area contributed by atoms with E-state index in [-0.39, 0.29) is 13.2 Å². The van der Waals surface area contributed by atoms with Crippen molar-refractivity contribution in [3.63, 3.8) is 0 Å². The summed E-state index contributed by atoms with van der Waals surface area (Å²) in [6, 6.07) is -0.802. The predicted molar refractivity (Wildman–Crippen MR) is 62.3 cm³/mol. The molecule has 3 atom stereocenters. The van der Waals surface area contributed by atoms with Crippen LogP contribution in [-0.4, -0.2) is 53.6 Å². The van der Waals surface area contributed by atoms with Crippen LogP contribution >= 0.6 is 0 Å². The lowest BCUT2D eigenvalue weighted by molar-refractivity contribution is -0.204. The lowest BCUT2D eigenvalue weighted by Gasteiger charge is -2.31. The van der Waals surface area contributed by atoms with Gasteiger partial charge in [0.25, 0.3) is 0 Å². The Balaban J connectivity index is 2.80. The summed E-state index contributed by atoms with van der Waals surface area (Å²) in [4.78, 5) is 1.63. The molecule has 0 aromatic rings. The van der Waals surface area contributed by atoms with Crippen LogP contribution in [0.3, 0.4) is 0 Å². The summed E-state index contributed by atoms with van der Waals surface area (Å²) in [5.74, 6) is -1.72. The second-order valence-corrected chi connectivity index (χ2v) is 5.71. The molecule has 0 aromatic heterocycles. The van der Waals surface area contributed by atoms with Crippen LogP contribution in [0.1, 0.15) is 27.7 Å². The van der Waals surface area contributed by atoms with Gasteiger partial charge in [-0.2, -0.15) is 13.2 Å². The van der Waals surface area contributed by atoms with E-state index in [0.29, 0.717) is 6.54 Å². The standard InChI is InChI=1S/C12H22F3NO2/c1-5-16-6-9(17)10(12(13,14)15)8(16)7-18-11(2,3)4/h8-10,17H,5-7H2,1-4H3. The number of likely N-dealkylation sites (tertiary alicyclic amines) is 1. The Morgan fingerprint density at radius 3 is 2.22 bits per heavy atom. The number of likely N-dealkylation sites (N-methyl/N-ethyl adjacent to an activating group) is 1. The molecule has 1 aliphatic rings. The zero-order valence-electron chi connectivity index (χ0n) is 11.3. The van der Waals surface area contributed by atoms with Crippen molar-refractivity contribution < 1.29 is 23.0 Å². The van der Waals surface area contributed by atoms with Crippen LogP contribution in [0.4, 0.5) is 13.2 Å². The molecule has 108 valence electrons. The molecule has 0 aliphatic carbocycles. The number of ether oxygens (including phenoxy) is 1. The Labute approximate surface area is 106 Å². The topological polar surface area (TPSA) is 32.7 Å². The fourth-order valence-corrected chi connectivity index (χ4v) is 2.32. The van der Waals surface area contributed by atoms with E-state index in [0.717, 1.165) is 0 Å². The molecular weight excluding hydrogens is 247 g/mol. The van der Waals surface area contributed by atoms with Gasteiger partial charge >= 0.3 is 6.18 Å². The molecule has 1 N–H and O–H groups in total. The van der Waals surface area contributed by atoms with Crippen LogP contribution in [0.15, 0.2) is 0 Å². The fourth-order valence-electron chi connectivity index (χ4n) is 2.32. The molecule has 1 fully saturated rings. The second-order valence-electron chi connectivity index (χ2n) is 5.71. The predicted octanol–water partition coefficient (Wildman–Crippen LogP) is 2.04.